The largest absolute Gasteiger partial charge is 0.457 e. The smallest absolute Gasteiger partial charge is 0.290 e. The number of anilines is 1. The van der Waals surface area contributed by atoms with Crippen LogP contribution in [0.2, 0.25) is 0 Å². The zero-order chi connectivity index (χ0) is 23.0. The van der Waals surface area contributed by atoms with Crippen molar-refractivity contribution in [1.82, 2.24) is 25.3 Å². The Hall–Kier alpha value is -3.65. The van der Waals surface area contributed by atoms with Gasteiger partial charge in [0.05, 0.1) is 11.4 Å². The number of hydrogen-bond donors (Lipinski definition) is 3. The van der Waals surface area contributed by atoms with Gasteiger partial charge in [-0.05, 0) is 54.7 Å². The number of para-hydroxylation sites is 1. The van der Waals surface area contributed by atoms with Gasteiger partial charge in [-0.2, -0.15) is 10.2 Å². The molecule has 1 aliphatic carbocycles. The highest BCUT2D eigenvalue weighted by molar-refractivity contribution is 5.99. The van der Waals surface area contributed by atoms with Crippen LogP contribution in [0.15, 0.2) is 59.4 Å². The van der Waals surface area contributed by atoms with E-state index in [1.165, 1.54) is 0 Å². The van der Waals surface area contributed by atoms with Crippen LogP contribution in [0.1, 0.15) is 32.7 Å². The molecule has 2 fully saturated rings. The highest BCUT2D eigenvalue weighted by atomic mass is 16.5. The van der Waals surface area contributed by atoms with E-state index in [9.17, 15) is 4.79 Å². The van der Waals surface area contributed by atoms with Crippen molar-refractivity contribution in [2.75, 3.05) is 18.8 Å². The average molecular weight is 445 g/mol. The number of benzene rings is 2. The number of aromatic amines is 1. The Morgan fingerprint density at radius 2 is 1.70 bits per heavy atom. The monoisotopic (exact) mass is 444 g/mol. The summed E-state index contributed by atoms with van der Waals surface area (Å²) < 4.78 is 7.75. The maximum Gasteiger partial charge on any atom is 0.290 e. The van der Waals surface area contributed by atoms with E-state index in [4.69, 9.17) is 15.6 Å². The van der Waals surface area contributed by atoms with E-state index in [1.807, 2.05) is 73.1 Å². The van der Waals surface area contributed by atoms with Crippen LogP contribution in [-0.4, -0.2) is 33.1 Å². The molecule has 1 saturated carbocycles. The van der Waals surface area contributed by atoms with Gasteiger partial charge in [-0.1, -0.05) is 32.0 Å². The second-order valence-corrected chi connectivity index (χ2v) is 8.56. The van der Waals surface area contributed by atoms with Crippen molar-refractivity contribution >= 4 is 16.7 Å². The zero-order valence-corrected chi connectivity index (χ0v) is 18.8. The van der Waals surface area contributed by atoms with Gasteiger partial charge in [-0.3, -0.25) is 9.48 Å². The van der Waals surface area contributed by atoms with E-state index < -0.39 is 0 Å². The van der Waals surface area contributed by atoms with Crippen molar-refractivity contribution < 1.29 is 4.74 Å². The molecule has 0 atom stereocenters. The zero-order valence-electron chi connectivity index (χ0n) is 18.8. The van der Waals surface area contributed by atoms with Gasteiger partial charge in [-0.25, -0.2) is 5.10 Å². The Bertz CT molecular complexity index is 1320. The van der Waals surface area contributed by atoms with Gasteiger partial charge in [0.15, 0.2) is 5.82 Å². The molecule has 1 aliphatic heterocycles. The molecule has 0 amide bonds. The van der Waals surface area contributed by atoms with E-state index in [2.05, 4.69) is 15.5 Å². The number of aromatic nitrogens is 4. The highest BCUT2D eigenvalue weighted by Crippen LogP contribution is 2.51. The first-order valence-corrected chi connectivity index (χ1v) is 11.4. The quantitative estimate of drug-likeness (QED) is 0.437. The summed E-state index contributed by atoms with van der Waals surface area (Å²) in [6.07, 6.45) is 2.03. The molecule has 8 nitrogen and oxygen atoms in total. The van der Waals surface area contributed by atoms with Crippen LogP contribution in [0.5, 0.6) is 11.5 Å². The summed E-state index contributed by atoms with van der Waals surface area (Å²) in [5.74, 6) is 1.77. The number of fused-ring (bicyclic) bond motifs is 1. The molecule has 1 spiro atoms. The lowest BCUT2D eigenvalue weighted by Gasteiger charge is -2.54. The molecular formula is C25H28N6O2. The van der Waals surface area contributed by atoms with Crippen molar-refractivity contribution in [3.05, 3.63) is 65.0 Å². The highest BCUT2D eigenvalue weighted by Gasteiger charge is 2.50. The molecule has 2 aromatic heterocycles. The number of nitrogens with two attached hydrogens (primary N) is 1. The summed E-state index contributed by atoms with van der Waals surface area (Å²) in [5.41, 5.74) is 8.33. The molecule has 33 heavy (non-hydrogen) atoms. The third-order valence-electron chi connectivity index (χ3n) is 6.45. The molecule has 0 bridgehead atoms. The summed E-state index contributed by atoms with van der Waals surface area (Å²) in [7, 11) is 0. The van der Waals surface area contributed by atoms with Crippen molar-refractivity contribution in [2.24, 2.45) is 5.41 Å². The first kappa shape index (κ1) is 21.2. The second-order valence-electron chi connectivity index (χ2n) is 8.56. The maximum absolute atomic E-state index is 12.7. The minimum Gasteiger partial charge on any atom is -0.457 e. The molecule has 2 aromatic carbocycles. The van der Waals surface area contributed by atoms with E-state index >= 15 is 0 Å². The van der Waals surface area contributed by atoms with Crippen LogP contribution in [0.25, 0.3) is 22.2 Å². The van der Waals surface area contributed by atoms with Gasteiger partial charge in [-0.15, -0.1) is 0 Å². The first-order valence-electron chi connectivity index (χ1n) is 11.4. The van der Waals surface area contributed by atoms with Gasteiger partial charge in [0, 0.05) is 18.7 Å². The second kappa shape index (κ2) is 8.37. The topological polar surface area (TPSA) is 111 Å². The normalized spacial score (nSPS) is 16.5. The molecule has 6 rings (SSSR count). The summed E-state index contributed by atoms with van der Waals surface area (Å²) >= 11 is 0. The van der Waals surface area contributed by atoms with Gasteiger partial charge in [0.25, 0.3) is 5.56 Å². The van der Waals surface area contributed by atoms with Crippen LogP contribution in [0, 0.1) is 5.41 Å². The number of rotatable bonds is 4. The van der Waals surface area contributed by atoms with Crippen molar-refractivity contribution in [1.29, 1.82) is 0 Å². The van der Waals surface area contributed by atoms with Crippen LogP contribution >= 0.6 is 0 Å². The Morgan fingerprint density at radius 3 is 2.33 bits per heavy atom. The van der Waals surface area contributed by atoms with Crippen LogP contribution in [0.3, 0.4) is 0 Å². The third kappa shape index (κ3) is 3.66. The first-order chi connectivity index (χ1) is 16.1. The van der Waals surface area contributed by atoms with Gasteiger partial charge in [0.1, 0.15) is 22.7 Å². The number of H-pyrrole nitrogens is 1. The van der Waals surface area contributed by atoms with Crippen LogP contribution in [-0.2, 0) is 0 Å². The van der Waals surface area contributed by atoms with E-state index in [-0.39, 0.29) is 17.4 Å². The fourth-order valence-corrected chi connectivity index (χ4v) is 4.77. The summed E-state index contributed by atoms with van der Waals surface area (Å²) in [6, 6.07) is 17.5. The lowest BCUT2D eigenvalue weighted by Crippen LogP contribution is -2.60. The van der Waals surface area contributed by atoms with E-state index in [0.717, 1.165) is 43.0 Å². The Balaban J connectivity index is 0.00000111. The molecule has 4 N–H and O–H groups in total. The number of nitrogen functional groups attached to an aromatic ring is 1. The summed E-state index contributed by atoms with van der Waals surface area (Å²) in [4.78, 5) is 12.7. The van der Waals surface area contributed by atoms with E-state index in [1.54, 1.807) is 0 Å². The van der Waals surface area contributed by atoms with Crippen LogP contribution in [0.4, 0.5) is 5.82 Å². The predicted molar refractivity (Wildman–Crippen MR) is 129 cm³/mol. The summed E-state index contributed by atoms with van der Waals surface area (Å²) in [6.45, 7) is 6.08. The lowest BCUT2D eigenvalue weighted by atomic mass is 9.62. The van der Waals surface area contributed by atoms with Crippen molar-refractivity contribution in [3.8, 4) is 22.8 Å². The number of ether oxygens (including phenoxy) is 1. The average Bonchev–Trinajstić information content (AvgIpc) is 3.19. The number of nitrogens with one attached hydrogen (secondary N) is 2. The molecule has 1 saturated heterocycles. The van der Waals surface area contributed by atoms with Gasteiger partial charge < -0.3 is 15.8 Å². The molecule has 170 valence electrons. The van der Waals surface area contributed by atoms with Gasteiger partial charge >= 0.3 is 0 Å². The van der Waals surface area contributed by atoms with Crippen LogP contribution < -0.4 is 21.3 Å². The Kier molecular flexibility index (Phi) is 5.38. The SMILES string of the molecule is CC.Nc1n[nH]c(=O)c2c1c(-c1ccc(Oc3ccccc3)cc1)nn2C1CC2(CNC2)C1. The molecule has 3 heterocycles. The van der Waals surface area contributed by atoms with Crippen molar-refractivity contribution in [2.45, 2.75) is 32.7 Å². The fourth-order valence-electron chi connectivity index (χ4n) is 4.77. The lowest BCUT2D eigenvalue weighted by molar-refractivity contribution is 0.00430. The molecular weight excluding hydrogens is 416 g/mol. The minimum atomic E-state index is -0.264. The number of nitrogens with zero attached hydrogens (tertiary/aromatic N) is 3. The summed E-state index contributed by atoms with van der Waals surface area (Å²) in [5, 5.41) is 15.3. The molecule has 8 heteroatoms. The van der Waals surface area contributed by atoms with E-state index in [0.29, 0.717) is 22.0 Å². The maximum atomic E-state index is 12.7. The predicted octanol–water partition coefficient (Wildman–Crippen LogP) is 4.11. The number of hydrogen-bond acceptors (Lipinski definition) is 6. The minimum absolute atomic E-state index is 0.196. The van der Waals surface area contributed by atoms with Crippen molar-refractivity contribution in [3.63, 3.8) is 0 Å². The molecule has 0 unspecified atom stereocenters. The standard InChI is InChI=1S/C23H22N6O2.C2H6/c24-21-18-19(14-6-8-17(9-7-14)31-16-4-2-1-3-5-16)28-29(20(18)22(30)27-26-21)15-10-23(11-15)12-25-13-23;1-2/h1-9,15,25H,10-13H2,(H2,24,26)(H,27,30);1-2H3. The molecule has 0 radical (unpaired) electrons. The third-order valence-corrected chi connectivity index (χ3v) is 6.45. The Labute approximate surface area is 191 Å². The van der Waals surface area contributed by atoms with Gasteiger partial charge in [0.2, 0.25) is 0 Å². The fraction of sp³-hybridized carbons (Fsp3) is 0.320. The Morgan fingerprint density at radius 1 is 1.03 bits per heavy atom. The molecule has 2 aliphatic rings. The molecule has 4 aromatic rings.